The van der Waals surface area contributed by atoms with Gasteiger partial charge in [-0.3, -0.25) is 0 Å². The van der Waals surface area contributed by atoms with Crippen molar-refractivity contribution < 1.29 is 37.9 Å². The highest BCUT2D eigenvalue weighted by molar-refractivity contribution is 8.00. The van der Waals surface area contributed by atoms with Crippen molar-refractivity contribution in [3.8, 4) is 34.5 Å². The zero-order valence-electron chi connectivity index (χ0n) is 27.1. The molecule has 11 heteroatoms. The molecule has 0 aromatic heterocycles. The van der Waals surface area contributed by atoms with Crippen LogP contribution in [0.3, 0.4) is 0 Å². The Morgan fingerprint density at radius 1 is 0.442 bits per heavy atom. The number of hydrogen-bond acceptors (Lipinski definition) is 11. The zero-order chi connectivity index (χ0) is 31.5. The maximum atomic E-state index is 6.28. The van der Waals surface area contributed by atoms with Gasteiger partial charge in [-0.25, -0.2) is 0 Å². The third kappa shape index (κ3) is 11.3. The van der Waals surface area contributed by atoms with Gasteiger partial charge in [-0.1, -0.05) is 11.8 Å². The van der Waals surface area contributed by atoms with Crippen molar-refractivity contribution in [1.82, 2.24) is 0 Å². The SMILES string of the molecule is CCOCCSc1c(OCC)cc(Sc2cc(OCC)c(SCCOCC)c(OCC)c2OCC)c(OCC)c1OCC. The first kappa shape index (κ1) is 37.4. The van der Waals surface area contributed by atoms with E-state index in [1.54, 1.807) is 23.5 Å². The fourth-order valence-electron chi connectivity index (χ4n) is 4.03. The predicted molar refractivity (Wildman–Crippen MR) is 178 cm³/mol. The van der Waals surface area contributed by atoms with Crippen LogP contribution in [-0.4, -0.2) is 77.6 Å². The van der Waals surface area contributed by atoms with Gasteiger partial charge in [-0.2, -0.15) is 0 Å². The van der Waals surface area contributed by atoms with E-state index in [9.17, 15) is 0 Å². The zero-order valence-corrected chi connectivity index (χ0v) is 29.6. The second-order valence-electron chi connectivity index (χ2n) is 8.51. The first-order chi connectivity index (χ1) is 21.0. The molecule has 43 heavy (non-hydrogen) atoms. The molecule has 0 heterocycles. The molecule has 8 nitrogen and oxygen atoms in total. The third-order valence-electron chi connectivity index (χ3n) is 5.58. The Balaban J connectivity index is 2.76. The highest BCUT2D eigenvalue weighted by atomic mass is 32.2. The topological polar surface area (TPSA) is 73.8 Å². The minimum absolute atomic E-state index is 0.479. The van der Waals surface area contributed by atoms with Crippen LogP contribution in [0.25, 0.3) is 0 Å². The minimum atomic E-state index is 0.479. The van der Waals surface area contributed by atoms with Gasteiger partial charge in [0.1, 0.15) is 11.5 Å². The molecule has 0 atom stereocenters. The molecule has 2 rings (SSSR count). The lowest BCUT2D eigenvalue weighted by Gasteiger charge is -2.23. The van der Waals surface area contributed by atoms with Gasteiger partial charge in [0.05, 0.1) is 72.4 Å². The number of rotatable bonds is 24. The molecule has 0 unspecified atom stereocenters. The summed E-state index contributed by atoms with van der Waals surface area (Å²) in [7, 11) is 0. The van der Waals surface area contributed by atoms with Crippen LogP contribution in [0.1, 0.15) is 55.4 Å². The first-order valence-electron chi connectivity index (χ1n) is 15.3. The average molecular weight is 659 g/mol. The summed E-state index contributed by atoms with van der Waals surface area (Å²) in [4.78, 5) is 3.52. The number of benzene rings is 2. The van der Waals surface area contributed by atoms with Crippen LogP contribution in [0.5, 0.6) is 34.5 Å². The molecule has 0 fully saturated rings. The van der Waals surface area contributed by atoms with Crippen LogP contribution in [0.4, 0.5) is 0 Å². The second kappa shape index (κ2) is 21.8. The van der Waals surface area contributed by atoms with Gasteiger partial charge in [0.15, 0.2) is 23.0 Å². The number of thioether (sulfide) groups is 2. The van der Waals surface area contributed by atoms with Gasteiger partial charge >= 0.3 is 0 Å². The molecule has 0 aliphatic rings. The van der Waals surface area contributed by atoms with E-state index in [0.717, 1.165) is 42.6 Å². The summed E-state index contributed by atoms with van der Waals surface area (Å²) in [5, 5.41) is 0. The fourth-order valence-corrected chi connectivity index (χ4v) is 6.98. The Kier molecular flexibility index (Phi) is 19.0. The molecule has 0 saturated carbocycles. The lowest BCUT2D eigenvalue weighted by Crippen LogP contribution is -2.06. The second-order valence-corrected chi connectivity index (χ2v) is 11.8. The Morgan fingerprint density at radius 3 is 1.12 bits per heavy atom. The van der Waals surface area contributed by atoms with Crippen molar-refractivity contribution >= 4 is 35.3 Å². The van der Waals surface area contributed by atoms with Crippen LogP contribution < -0.4 is 28.4 Å². The highest BCUT2D eigenvalue weighted by Gasteiger charge is 2.27. The molecule has 0 saturated heterocycles. The molecular formula is C32H50O8S3. The van der Waals surface area contributed by atoms with Crippen molar-refractivity contribution in [2.75, 3.05) is 77.6 Å². The fraction of sp³-hybridized carbons (Fsp3) is 0.625. The van der Waals surface area contributed by atoms with Crippen molar-refractivity contribution in [3.05, 3.63) is 12.1 Å². The molecular weight excluding hydrogens is 609 g/mol. The van der Waals surface area contributed by atoms with Gasteiger partial charge in [0.2, 0.25) is 0 Å². The molecule has 244 valence electrons. The Bertz CT molecular complexity index is 1000. The van der Waals surface area contributed by atoms with E-state index in [1.807, 2.05) is 67.5 Å². The summed E-state index contributed by atoms with van der Waals surface area (Å²) in [6, 6.07) is 4.07. The van der Waals surface area contributed by atoms with Crippen LogP contribution in [-0.2, 0) is 9.47 Å². The van der Waals surface area contributed by atoms with E-state index >= 15 is 0 Å². The molecule has 2 aromatic rings. The molecule has 0 radical (unpaired) electrons. The Labute approximate surface area is 271 Å². The quantitative estimate of drug-likeness (QED) is 0.0805. The van der Waals surface area contributed by atoms with Crippen molar-refractivity contribution in [1.29, 1.82) is 0 Å². The van der Waals surface area contributed by atoms with Crippen LogP contribution in [0.15, 0.2) is 31.7 Å². The average Bonchev–Trinajstić information content (AvgIpc) is 2.99. The standard InChI is InChI=1S/C32H50O8S3/c1-9-33-17-19-41-31-23(35-11-3)21-25(27(37-13-5)29(31)39-15-7)43-26-22-24(36-12-4)32(42-20-18-34-10-2)30(40-16-8)28(26)38-14-6/h21-22H,9-20H2,1-8H3. The van der Waals surface area contributed by atoms with Gasteiger partial charge in [0, 0.05) is 24.7 Å². The van der Waals surface area contributed by atoms with E-state index in [-0.39, 0.29) is 0 Å². The maximum absolute atomic E-state index is 6.28. The Morgan fingerprint density at radius 2 is 0.791 bits per heavy atom. The maximum Gasteiger partial charge on any atom is 0.179 e. The number of hydrogen-bond donors (Lipinski definition) is 0. The van der Waals surface area contributed by atoms with Crippen LogP contribution in [0, 0.1) is 0 Å². The molecule has 0 aliphatic carbocycles. The van der Waals surface area contributed by atoms with E-state index in [4.69, 9.17) is 37.9 Å². The van der Waals surface area contributed by atoms with Gasteiger partial charge in [-0.15, -0.1) is 23.5 Å². The summed E-state index contributed by atoms with van der Waals surface area (Å²) >= 11 is 4.82. The lowest BCUT2D eigenvalue weighted by atomic mass is 10.3. The summed E-state index contributed by atoms with van der Waals surface area (Å²) < 4.78 is 48.6. The number of ether oxygens (including phenoxy) is 8. The molecule has 0 spiro atoms. The van der Waals surface area contributed by atoms with Gasteiger partial charge < -0.3 is 37.9 Å². The normalized spacial score (nSPS) is 11.0. The smallest absolute Gasteiger partial charge is 0.179 e. The summed E-state index contributed by atoms with van der Waals surface area (Å²) in [6.45, 7) is 21.4. The molecule has 0 N–H and O–H groups in total. The van der Waals surface area contributed by atoms with Crippen molar-refractivity contribution in [2.24, 2.45) is 0 Å². The Hall–Kier alpha value is -1.79. The monoisotopic (exact) mass is 658 g/mol. The van der Waals surface area contributed by atoms with Crippen molar-refractivity contribution in [3.63, 3.8) is 0 Å². The van der Waals surface area contributed by atoms with Crippen LogP contribution >= 0.6 is 35.3 Å². The van der Waals surface area contributed by atoms with E-state index in [2.05, 4.69) is 0 Å². The van der Waals surface area contributed by atoms with Crippen LogP contribution in [0.2, 0.25) is 0 Å². The van der Waals surface area contributed by atoms with Crippen molar-refractivity contribution in [2.45, 2.75) is 75.0 Å². The molecule has 0 aliphatic heterocycles. The molecule has 0 amide bonds. The first-order valence-corrected chi connectivity index (χ1v) is 18.1. The molecule has 0 bridgehead atoms. The predicted octanol–water partition coefficient (Wildman–Crippen LogP) is 8.49. The summed E-state index contributed by atoms with van der Waals surface area (Å²) in [5.41, 5.74) is 0. The lowest BCUT2D eigenvalue weighted by molar-refractivity contribution is 0.164. The highest BCUT2D eigenvalue weighted by Crippen LogP contribution is 2.55. The summed E-state index contributed by atoms with van der Waals surface area (Å²) in [5.74, 6) is 5.71. The molecule has 2 aromatic carbocycles. The minimum Gasteiger partial charge on any atom is -0.493 e. The van der Waals surface area contributed by atoms with Gasteiger partial charge in [0.25, 0.3) is 0 Å². The van der Waals surface area contributed by atoms with E-state index in [1.165, 1.54) is 11.8 Å². The van der Waals surface area contributed by atoms with E-state index in [0.29, 0.717) is 89.1 Å². The van der Waals surface area contributed by atoms with E-state index < -0.39 is 0 Å². The summed E-state index contributed by atoms with van der Waals surface area (Å²) in [6.07, 6.45) is 0. The largest absolute Gasteiger partial charge is 0.493 e. The third-order valence-corrected chi connectivity index (χ3v) is 8.71. The van der Waals surface area contributed by atoms with Gasteiger partial charge in [-0.05, 0) is 67.5 Å².